The van der Waals surface area contributed by atoms with Crippen molar-refractivity contribution in [3.63, 3.8) is 0 Å². The first kappa shape index (κ1) is 15.8. The highest BCUT2D eigenvalue weighted by molar-refractivity contribution is 7.96. The van der Waals surface area contributed by atoms with E-state index in [9.17, 15) is 4.79 Å². The number of rotatable bonds is 2. The Morgan fingerprint density at radius 2 is 1.88 bits per heavy atom. The van der Waals surface area contributed by atoms with E-state index in [-0.39, 0.29) is 29.9 Å². The highest BCUT2D eigenvalue weighted by Crippen LogP contribution is 1.89. The van der Waals surface area contributed by atoms with Crippen LogP contribution in [-0.4, -0.2) is 5.12 Å². The van der Waals surface area contributed by atoms with Gasteiger partial charge in [-0.1, -0.05) is 6.92 Å². The van der Waals surface area contributed by atoms with Gasteiger partial charge in [-0.25, -0.2) is 0 Å². The first-order chi connectivity index (χ1) is 2.77. The Morgan fingerprint density at radius 1 is 1.50 bits per heavy atom. The minimum absolute atomic E-state index is 0. The van der Waals surface area contributed by atoms with Crippen molar-refractivity contribution in [2.24, 2.45) is 0 Å². The van der Waals surface area contributed by atoms with Gasteiger partial charge in [0.1, 0.15) is 0 Å². The Balaban J connectivity index is -0.000000125. The van der Waals surface area contributed by atoms with Gasteiger partial charge < -0.3 is 0 Å². The van der Waals surface area contributed by atoms with Crippen molar-refractivity contribution in [3.05, 3.63) is 0 Å². The van der Waals surface area contributed by atoms with Crippen molar-refractivity contribution in [1.82, 2.24) is 0 Å². The van der Waals surface area contributed by atoms with E-state index in [2.05, 4.69) is 12.6 Å². The number of thiol groups is 1. The molecule has 0 aliphatic carbocycles. The molecule has 0 unspecified atom stereocenters. The van der Waals surface area contributed by atoms with E-state index < -0.39 is 0 Å². The zero-order valence-corrected chi connectivity index (χ0v) is 7.11. The topological polar surface area (TPSA) is 17.1 Å². The van der Waals surface area contributed by atoms with Crippen LogP contribution in [0.2, 0.25) is 0 Å². The summed E-state index contributed by atoms with van der Waals surface area (Å²) in [6.07, 6.45) is 1.51. The van der Waals surface area contributed by atoms with E-state index in [0.717, 1.165) is 6.42 Å². The van der Waals surface area contributed by atoms with Crippen LogP contribution in [0.1, 0.15) is 19.8 Å². The van der Waals surface area contributed by atoms with Crippen LogP contribution in [0.25, 0.3) is 0 Å². The smallest absolute Gasteiger partial charge is 0.185 e. The Hall–Kier alpha value is 0.600. The molecule has 8 heavy (non-hydrogen) atoms. The first-order valence-corrected chi connectivity index (χ1v) is 2.44. The van der Waals surface area contributed by atoms with Crippen LogP contribution in [-0.2, 0) is 4.79 Å². The second-order valence-corrected chi connectivity index (χ2v) is 1.64. The Morgan fingerprint density at radius 3 is 1.88 bits per heavy atom. The first-order valence-electron chi connectivity index (χ1n) is 1.99. The zero-order chi connectivity index (χ0) is 4.99. The molecular formula is C4H10Cl2OS. The van der Waals surface area contributed by atoms with E-state index in [0.29, 0.717) is 6.42 Å². The maximum Gasteiger partial charge on any atom is 0.185 e. The molecule has 0 heterocycles. The number of halogens is 2. The molecule has 0 N–H and O–H groups in total. The van der Waals surface area contributed by atoms with Crippen LogP contribution in [0.5, 0.6) is 0 Å². The van der Waals surface area contributed by atoms with E-state index in [1.165, 1.54) is 0 Å². The lowest BCUT2D eigenvalue weighted by atomic mass is 10.4. The third-order valence-electron chi connectivity index (χ3n) is 0.464. The van der Waals surface area contributed by atoms with Crippen LogP contribution in [0.4, 0.5) is 0 Å². The van der Waals surface area contributed by atoms with Crippen LogP contribution in [0, 0.1) is 0 Å². The van der Waals surface area contributed by atoms with Crippen molar-refractivity contribution in [2.75, 3.05) is 0 Å². The molecule has 4 heteroatoms. The predicted molar refractivity (Wildman–Crippen MR) is 43.4 cm³/mol. The molecule has 0 saturated heterocycles. The quantitative estimate of drug-likeness (QED) is 0.639. The molecule has 0 saturated carbocycles. The van der Waals surface area contributed by atoms with Crippen LogP contribution < -0.4 is 0 Å². The largest absolute Gasteiger partial charge is 0.288 e. The highest BCUT2D eigenvalue weighted by Gasteiger charge is 1.85. The molecule has 0 fully saturated rings. The minimum atomic E-state index is -0.0162. The fourth-order valence-electron chi connectivity index (χ4n) is 0.214. The van der Waals surface area contributed by atoms with Gasteiger partial charge in [0.25, 0.3) is 0 Å². The summed E-state index contributed by atoms with van der Waals surface area (Å²) < 4.78 is 0. The van der Waals surface area contributed by atoms with E-state index in [1.54, 1.807) is 0 Å². The molecule has 0 aliphatic heterocycles. The maximum atomic E-state index is 9.91. The summed E-state index contributed by atoms with van der Waals surface area (Å²) in [5.41, 5.74) is 0. The summed E-state index contributed by atoms with van der Waals surface area (Å²) in [4.78, 5) is 9.91. The van der Waals surface area contributed by atoms with Crippen molar-refractivity contribution in [3.8, 4) is 0 Å². The SMILES string of the molecule is CCCC(=O)S.Cl.Cl. The van der Waals surface area contributed by atoms with Crippen LogP contribution in [0.3, 0.4) is 0 Å². The second kappa shape index (κ2) is 10.6. The molecule has 0 amide bonds. The molecule has 0 aromatic rings. The van der Waals surface area contributed by atoms with Gasteiger partial charge in [0, 0.05) is 6.42 Å². The number of carbonyl (C=O) groups is 1. The molecule has 0 aliphatic rings. The standard InChI is InChI=1S/C4H8OS.2ClH/c1-2-3-4(5)6;;/h2-3H2,1H3,(H,5,6);2*1H. The normalized spacial score (nSPS) is 6.25. The fourth-order valence-corrected chi connectivity index (χ4v) is 0.437. The van der Waals surface area contributed by atoms with Gasteiger partial charge >= 0.3 is 0 Å². The zero-order valence-electron chi connectivity index (χ0n) is 4.59. The van der Waals surface area contributed by atoms with Crippen LogP contribution >= 0.6 is 37.4 Å². The minimum Gasteiger partial charge on any atom is -0.288 e. The van der Waals surface area contributed by atoms with E-state index in [4.69, 9.17) is 0 Å². The van der Waals surface area contributed by atoms with Gasteiger partial charge in [0.15, 0.2) is 5.12 Å². The lowest BCUT2D eigenvalue weighted by Gasteiger charge is -1.79. The summed E-state index contributed by atoms with van der Waals surface area (Å²) in [6, 6.07) is 0. The van der Waals surface area contributed by atoms with Crippen molar-refractivity contribution < 1.29 is 4.79 Å². The maximum absolute atomic E-state index is 9.91. The van der Waals surface area contributed by atoms with Crippen molar-refractivity contribution >= 4 is 42.6 Å². The van der Waals surface area contributed by atoms with Crippen molar-refractivity contribution in [2.45, 2.75) is 19.8 Å². The molecule has 0 aromatic heterocycles. The lowest BCUT2D eigenvalue weighted by molar-refractivity contribution is -0.110. The van der Waals surface area contributed by atoms with Gasteiger partial charge in [-0.15, -0.1) is 37.4 Å². The van der Waals surface area contributed by atoms with E-state index >= 15 is 0 Å². The number of hydrogen-bond donors (Lipinski definition) is 1. The summed E-state index contributed by atoms with van der Waals surface area (Å²) >= 11 is 3.54. The Labute approximate surface area is 67.5 Å². The molecule has 1 nitrogen and oxygen atoms in total. The summed E-state index contributed by atoms with van der Waals surface area (Å²) in [6.45, 7) is 1.95. The fraction of sp³-hybridized carbons (Fsp3) is 0.750. The van der Waals surface area contributed by atoms with Gasteiger partial charge in [-0.2, -0.15) is 0 Å². The average Bonchev–Trinajstić information content (AvgIpc) is 1.35. The third kappa shape index (κ3) is 16.0. The van der Waals surface area contributed by atoms with Gasteiger partial charge in [-0.3, -0.25) is 4.79 Å². The highest BCUT2D eigenvalue weighted by atomic mass is 35.5. The Kier molecular flexibility index (Phi) is 20.9. The Bertz CT molecular complexity index is 58.0. The van der Waals surface area contributed by atoms with Gasteiger partial charge in [0.05, 0.1) is 0 Å². The molecule has 0 rings (SSSR count). The van der Waals surface area contributed by atoms with Crippen LogP contribution in [0.15, 0.2) is 0 Å². The molecule has 0 atom stereocenters. The van der Waals surface area contributed by atoms with Gasteiger partial charge in [0.2, 0.25) is 0 Å². The third-order valence-corrected chi connectivity index (χ3v) is 0.687. The lowest BCUT2D eigenvalue weighted by Crippen LogP contribution is -1.80. The number of hydrogen-bond acceptors (Lipinski definition) is 1. The van der Waals surface area contributed by atoms with E-state index in [1.807, 2.05) is 6.92 Å². The monoisotopic (exact) mass is 176 g/mol. The number of carbonyl (C=O) groups excluding carboxylic acids is 1. The molecular weight excluding hydrogens is 167 g/mol. The van der Waals surface area contributed by atoms with Crippen molar-refractivity contribution in [1.29, 1.82) is 0 Å². The van der Waals surface area contributed by atoms with Gasteiger partial charge in [-0.05, 0) is 6.42 Å². The average molecular weight is 177 g/mol. The molecule has 0 radical (unpaired) electrons. The molecule has 0 spiro atoms. The summed E-state index contributed by atoms with van der Waals surface area (Å²) in [5, 5.41) is -0.0162. The predicted octanol–water partition coefficient (Wildman–Crippen LogP) is 2.09. The second-order valence-electron chi connectivity index (χ2n) is 1.14. The molecule has 0 aromatic carbocycles. The molecule has 0 bridgehead atoms. The summed E-state index contributed by atoms with van der Waals surface area (Å²) in [5.74, 6) is 0. The molecule has 52 valence electrons. The summed E-state index contributed by atoms with van der Waals surface area (Å²) in [7, 11) is 0.